The Balaban J connectivity index is -0.0000000164. The van der Waals surface area contributed by atoms with E-state index in [-0.39, 0.29) is 81.3 Å². The summed E-state index contributed by atoms with van der Waals surface area (Å²) in [6.45, 7) is 0.472. The van der Waals surface area contributed by atoms with E-state index in [9.17, 15) is 0 Å². The minimum atomic E-state index is 0. The Morgan fingerprint density at radius 1 is 0.556 bits per heavy atom. The number of nitrogens with zero attached hydrogens (tertiary/aromatic N) is 12. The van der Waals surface area contributed by atoms with Gasteiger partial charge >= 0.3 is 68.2 Å². The first-order chi connectivity index (χ1) is 7.57. The van der Waals surface area contributed by atoms with Gasteiger partial charge in [0.1, 0.15) is 0 Å². The molecule has 0 fully saturated rings. The molecule has 0 heterocycles. The van der Waals surface area contributed by atoms with E-state index in [2.05, 4.69) is 0 Å². The minimum absolute atomic E-state index is 0. The molecule has 0 aliphatic carbocycles. The normalized spacial score (nSPS) is 3.44. The Morgan fingerprint density at radius 3 is 0.611 bits per heavy atom. The van der Waals surface area contributed by atoms with Gasteiger partial charge in [-0.15, -0.1) is 0 Å². The third-order valence-corrected chi connectivity index (χ3v) is 0.125. The van der Waals surface area contributed by atoms with Gasteiger partial charge in [0.05, 0.1) is 0 Å². The molecule has 0 bridgehead atoms. The first kappa shape index (κ1) is 43.3. The molecule has 0 aliphatic rings. The van der Waals surface area contributed by atoms with Crippen LogP contribution in [0.2, 0.25) is 0 Å². The molecule has 0 aromatic heterocycles. The molecule has 0 atom stereocenters. The standard InChI is InChI=1S/C2H6N2.Co.K.4N3/c3-1-2-4;;;4*1-3-2/h3-4H,1-2H2;;;;;;/q-2;+3;+1;4*-1. The van der Waals surface area contributed by atoms with E-state index in [1.54, 1.807) is 0 Å². The van der Waals surface area contributed by atoms with Gasteiger partial charge in [-0.05, 0) is 0 Å². The summed E-state index contributed by atoms with van der Waals surface area (Å²) < 4.78 is 0. The van der Waals surface area contributed by atoms with E-state index in [1.165, 1.54) is 19.6 Å². The second-order valence-corrected chi connectivity index (χ2v) is 0.858. The van der Waals surface area contributed by atoms with Crippen LogP contribution in [0.3, 0.4) is 0 Å². The molecule has 0 rings (SSSR count). The summed E-state index contributed by atoms with van der Waals surface area (Å²) in [5.74, 6) is 0. The van der Waals surface area contributed by atoms with Gasteiger partial charge in [0.2, 0.25) is 0 Å². The Bertz CT molecular complexity index is 174. The summed E-state index contributed by atoms with van der Waals surface area (Å²) >= 11 is 0. The van der Waals surface area contributed by atoms with Crippen LogP contribution in [-0.4, -0.2) is 13.1 Å². The number of hydrogen-bond donors (Lipinski definition) is 0. The maximum Gasteiger partial charge on any atom is 3.00 e. The van der Waals surface area contributed by atoms with Gasteiger partial charge in [-0.3, -0.25) is 19.6 Å². The number of nitrogens with one attached hydrogen (secondary N) is 2. The van der Waals surface area contributed by atoms with Gasteiger partial charge in [0.25, 0.3) is 0 Å². The molecular formula is C2H6CoKN14-2. The molecule has 0 aromatic carbocycles. The van der Waals surface area contributed by atoms with Crippen molar-refractivity contribution in [2.75, 3.05) is 13.1 Å². The molecule has 14 nitrogen and oxygen atoms in total. The van der Waals surface area contributed by atoms with Crippen molar-refractivity contribution in [3.63, 3.8) is 0 Å². The van der Waals surface area contributed by atoms with E-state index in [0.29, 0.717) is 0 Å². The minimum Gasteiger partial charge on any atom is -0.679 e. The van der Waals surface area contributed by atoms with E-state index in [4.69, 9.17) is 55.7 Å². The molecule has 0 spiro atoms. The molecule has 2 N–H and O–H groups in total. The molecular weight excluding hydrogens is 318 g/mol. The maximum atomic E-state index is 6.75. The average Bonchev–Trinajstić information content (AvgIpc) is 2.22. The van der Waals surface area contributed by atoms with E-state index in [0.717, 1.165) is 0 Å². The smallest absolute Gasteiger partial charge is 0.679 e. The Kier molecular flexibility index (Phi) is 327. The summed E-state index contributed by atoms with van der Waals surface area (Å²) in [6.07, 6.45) is 0. The third kappa shape index (κ3) is 34100. The molecule has 0 aliphatic heterocycles. The monoisotopic (exact) mass is 324 g/mol. The van der Waals surface area contributed by atoms with E-state index < -0.39 is 0 Å². The van der Waals surface area contributed by atoms with Gasteiger partial charge < -0.3 is 55.7 Å². The Hall–Kier alpha value is -0.697. The Labute approximate surface area is 155 Å². The fourth-order valence-electron chi connectivity index (χ4n) is 0. The van der Waals surface area contributed by atoms with Crippen LogP contribution < -0.4 is 51.4 Å². The SMILES string of the molecule is [Co+3].[K+].[N-]=[N+]=[N-].[N-]=[N+]=[N-].[N-]=[N+]=[N-].[N-]=[N+]=[N-].[NH-]CC[NH-]. The largest absolute Gasteiger partial charge is 3.00 e. The maximum absolute atomic E-state index is 6.75. The van der Waals surface area contributed by atoms with Gasteiger partial charge in [0.15, 0.2) is 0 Å². The van der Waals surface area contributed by atoms with Gasteiger partial charge in [-0.2, -0.15) is 13.1 Å². The third-order valence-electron chi connectivity index (χ3n) is 0.125. The quantitative estimate of drug-likeness (QED) is 0.287. The van der Waals surface area contributed by atoms with Crippen molar-refractivity contribution >= 4 is 0 Å². The summed E-state index contributed by atoms with van der Waals surface area (Å²) in [5, 5.41) is 0. The van der Waals surface area contributed by atoms with Crippen molar-refractivity contribution in [3.05, 3.63) is 75.4 Å². The first-order valence-corrected chi connectivity index (χ1v) is 2.81. The van der Waals surface area contributed by atoms with Crippen LogP contribution >= 0.6 is 0 Å². The van der Waals surface area contributed by atoms with Crippen LogP contribution in [0.25, 0.3) is 75.4 Å². The van der Waals surface area contributed by atoms with Gasteiger partial charge in [-0.25, -0.2) is 0 Å². The molecule has 18 heavy (non-hydrogen) atoms. The zero-order valence-electron chi connectivity index (χ0n) is 9.11. The topological polar surface area (TPSA) is 282 Å². The molecule has 0 aromatic rings. The van der Waals surface area contributed by atoms with Gasteiger partial charge in [-0.1, -0.05) is 0 Å². The number of hydrogen-bond acceptors (Lipinski definition) is 0. The summed E-state index contributed by atoms with van der Waals surface area (Å²) in [6, 6.07) is 0. The zero-order valence-corrected chi connectivity index (χ0v) is 13.3. The van der Waals surface area contributed by atoms with Gasteiger partial charge in [0, 0.05) is 0 Å². The van der Waals surface area contributed by atoms with Crippen molar-refractivity contribution in [2.24, 2.45) is 0 Å². The molecule has 96 valence electrons. The van der Waals surface area contributed by atoms with Crippen molar-refractivity contribution in [2.45, 2.75) is 0 Å². The Morgan fingerprint density at radius 2 is 0.611 bits per heavy atom. The molecule has 0 saturated heterocycles. The van der Waals surface area contributed by atoms with E-state index in [1.807, 2.05) is 0 Å². The second-order valence-electron chi connectivity index (χ2n) is 0.858. The van der Waals surface area contributed by atoms with Crippen molar-refractivity contribution in [3.8, 4) is 0 Å². The van der Waals surface area contributed by atoms with Crippen molar-refractivity contribution in [1.82, 2.24) is 0 Å². The summed E-state index contributed by atoms with van der Waals surface area (Å²) in [5.41, 5.74) is 66.5. The molecule has 0 radical (unpaired) electrons. The second kappa shape index (κ2) is 136. The van der Waals surface area contributed by atoms with Crippen LogP contribution in [0.5, 0.6) is 0 Å². The molecule has 0 amide bonds. The molecule has 16 heteroatoms. The average molecular weight is 324 g/mol. The predicted octanol–water partition coefficient (Wildman–Crippen LogP) is 1.56. The van der Waals surface area contributed by atoms with Crippen molar-refractivity contribution in [1.29, 1.82) is 0 Å². The van der Waals surface area contributed by atoms with Crippen molar-refractivity contribution < 1.29 is 68.2 Å². The van der Waals surface area contributed by atoms with Crippen LogP contribution in [0.15, 0.2) is 0 Å². The summed E-state index contributed by atoms with van der Waals surface area (Å²) in [4.78, 5) is 6.00. The first-order valence-electron chi connectivity index (χ1n) is 2.81. The zero-order chi connectivity index (χ0) is 14.2. The summed E-state index contributed by atoms with van der Waals surface area (Å²) in [7, 11) is 0. The van der Waals surface area contributed by atoms with Crippen LogP contribution in [0.1, 0.15) is 0 Å². The fourth-order valence-corrected chi connectivity index (χ4v) is 0. The van der Waals surface area contributed by atoms with Crippen LogP contribution in [-0.2, 0) is 16.8 Å². The molecule has 0 saturated carbocycles. The van der Waals surface area contributed by atoms with Crippen LogP contribution in [0.4, 0.5) is 0 Å². The predicted molar refractivity (Wildman–Crippen MR) is 58.7 cm³/mol. The van der Waals surface area contributed by atoms with E-state index >= 15 is 0 Å². The number of rotatable bonds is 1. The molecule has 0 unspecified atom stereocenters. The fraction of sp³-hybridized carbons (Fsp3) is 1.00. The van der Waals surface area contributed by atoms with Crippen LogP contribution in [0, 0.1) is 0 Å².